The Morgan fingerprint density at radius 3 is 2.83 bits per heavy atom. The Kier molecular flexibility index (Phi) is 4.15. The molecule has 0 atom stereocenters. The SMILES string of the molecule is Cc1nc(-c2ccc3c(c2)CCN3C(=O)c2sc3ncn(C)c(=O)c3c2C)cs1. The van der Waals surface area contributed by atoms with Gasteiger partial charge in [0.1, 0.15) is 4.83 Å². The summed E-state index contributed by atoms with van der Waals surface area (Å²) in [5, 5.41) is 3.64. The van der Waals surface area contributed by atoms with Crippen LogP contribution in [0.1, 0.15) is 25.8 Å². The number of hydrogen-bond acceptors (Lipinski definition) is 6. The Balaban J connectivity index is 1.53. The largest absolute Gasteiger partial charge is 0.307 e. The van der Waals surface area contributed by atoms with Crippen LogP contribution in [0.15, 0.2) is 34.7 Å². The first-order chi connectivity index (χ1) is 13.9. The number of carbonyl (C=O) groups excluding carboxylic acids is 1. The molecule has 1 aromatic carbocycles. The minimum Gasteiger partial charge on any atom is -0.307 e. The van der Waals surface area contributed by atoms with Crippen molar-refractivity contribution in [1.82, 2.24) is 14.5 Å². The Bertz CT molecular complexity index is 1350. The van der Waals surface area contributed by atoms with Crippen molar-refractivity contribution in [2.24, 2.45) is 7.05 Å². The first-order valence-corrected chi connectivity index (χ1v) is 11.0. The van der Waals surface area contributed by atoms with Gasteiger partial charge < -0.3 is 9.47 Å². The van der Waals surface area contributed by atoms with Gasteiger partial charge in [0.05, 0.1) is 27.3 Å². The number of thiazole rings is 1. The predicted molar refractivity (Wildman–Crippen MR) is 117 cm³/mol. The molecule has 0 fully saturated rings. The van der Waals surface area contributed by atoms with Crippen molar-refractivity contribution >= 4 is 44.5 Å². The Labute approximate surface area is 175 Å². The standard InChI is InChI=1S/C21H18N4O2S2/c1-11-17-19(22-10-24(3)20(17)26)29-18(11)21(27)25-7-6-14-8-13(4-5-16(14)25)15-9-28-12(2)23-15/h4-5,8-10H,6-7H2,1-3H3. The highest BCUT2D eigenvalue weighted by atomic mass is 32.1. The minimum absolute atomic E-state index is 0.0662. The number of hydrogen-bond donors (Lipinski definition) is 0. The zero-order valence-electron chi connectivity index (χ0n) is 16.2. The van der Waals surface area contributed by atoms with Crippen molar-refractivity contribution in [3.8, 4) is 11.3 Å². The van der Waals surface area contributed by atoms with Gasteiger partial charge in [-0.05, 0) is 43.5 Å². The summed E-state index contributed by atoms with van der Waals surface area (Å²) in [5.74, 6) is -0.0662. The van der Waals surface area contributed by atoms with Gasteiger partial charge in [-0.1, -0.05) is 6.07 Å². The molecule has 5 rings (SSSR count). The lowest BCUT2D eigenvalue weighted by Crippen LogP contribution is -2.28. The average Bonchev–Trinajstić information content (AvgIpc) is 3.41. The number of carbonyl (C=O) groups is 1. The molecule has 0 bridgehead atoms. The molecule has 0 spiro atoms. The Morgan fingerprint density at radius 2 is 2.07 bits per heavy atom. The highest BCUT2D eigenvalue weighted by Gasteiger charge is 2.29. The fourth-order valence-corrected chi connectivity index (χ4v) is 5.51. The van der Waals surface area contributed by atoms with Gasteiger partial charge in [-0.15, -0.1) is 22.7 Å². The minimum atomic E-state index is -0.118. The van der Waals surface area contributed by atoms with E-state index in [2.05, 4.69) is 21.4 Å². The lowest BCUT2D eigenvalue weighted by atomic mass is 10.1. The highest BCUT2D eigenvalue weighted by Crippen LogP contribution is 2.36. The molecule has 0 saturated heterocycles. The zero-order chi connectivity index (χ0) is 20.3. The van der Waals surface area contributed by atoms with Crippen LogP contribution >= 0.6 is 22.7 Å². The lowest BCUT2D eigenvalue weighted by Gasteiger charge is -2.17. The molecule has 0 aliphatic carbocycles. The van der Waals surface area contributed by atoms with Crippen LogP contribution in [0.3, 0.4) is 0 Å². The first kappa shape index (κ1) is 18.2. The number of nitrogens with zero attached hydrogens (tertiary/aromatic N) is 4. The number of amides is 1. The number of rotatable bonds is 2. The molecule has 1 aliphatic heterocycles. The van der Waals surface area contributed by atoms with Crippen LogP contribution in [0.25, 0.3) is 21.5 Å². The summed E-state index contributed by atoms with van der Waals surface area (Å²) in [5.41, 5.74) is 4.73. The third kappa shape index (κ3) is 2.82. The average molecular weight is 423 g/mol. The number of fused-ring (bicyclic) bond motifs is 2. The normalized spacial score (nSPS) is 13.3. The smallest absolute Gasteiger partial charge is 0.268 e. The number of benzene rings is 1. The second-order valence-corrected chi connectivity index (χ2v) is 9.26. The number of aromatic nitrogens is 3. The second kappa shape index (κ2) is 6.60. The van der Waals surface area contributed by atoms with Gasteiger partial charge in [0.25, 0.3) is 11.5 Å². The molecule has 29 heavy (non-hydrogen) atoms. The van der Waals surface area contributed by atoms with E-state index in [1.807, 2.05) is 30.9 Å². The molecule has 8 heteroatoms. The summed E-state index contributed by atoms with van der Waals surface area (Å²) in [6.45, 7) is 4.46. The summed E-state index contributed by atoms with van der Waals surface area (Å²) >= 11 is 2.93. The van der Waals surface area contributed by atoms with Gasteiger partial charge in [0.2, 0.25) is 0 Å². The summed E-state index contributed by atoms with van der Waals surface area (Å²) in [7, 11) is 1.67. The summed E-state index contributed by atoms with van der Waals surface area (Å²) < 4.78 is 1.45. The maximum absolute atomic E-state index is 13.3. The number of anilines is 1. The molecule has 146 valence electrons. The van der Waals surface area contributed by atoms with E-state index in [1.165, 1.54) is 22.2 Å². The van der Waals surface area contributed by atoms with E-state index in [0.29, 0.717) is 27.2 Å². The monoisotopic (exact) mass is 422 g/mol. The van der Waals surface area contributed by atoms with E-state index in [1.54, 1.807) is 18.4 Å². The van der Waals surface area contributed by atoms with E-state index >= 15 is 0 Å². The molecule has 6 nitrogen and oxygen atoms in total. The van der Waals surface area contributed by atoms with Crippen molar-refractivity contribution in [1.29, 1.82) is 0 Å². The molecule has 1 amide bonds. The molecule has 4 aromatic rings. The summed E-state index contributed by atoms with van der Waals surface area (Å²) in [4.78, 5) is 37.7. The lowest BCUT2D eigenvalue weighted by molar-refractivity contribution is 0.0993. The van der Waals surface area contributed by atoms with Gasteiger partial charge in [-0.25, -0.2) is 9.97 Å². The second-order valence-electron chi connectivity index (χ2n) is 7.20. The maximum atomic E-state index is 13.3. The molecule has 0 radical (unpaired) electrons. The zero-order valence-corrected chi connectivity index (χ0v) is 17.9. The fraction of sp³-hybridized carbons (Fsp3) is 0.238. The van der Waals surface area contributed by atoms with Crippen LogP contribution in [-0.2, 0) is 13.5 Å². The van der Waals surface area contributed by atoms with Crippen LogP contribution in [0.4, 0.5) is 5.69 Å². The molecular weight excluding hydrogens is 404 g/mol. The van der Waals surface area contributed by atoms with E-state index in [0.717, 1.165) is 33.9 Å². The van der Waals surface area contributed by atoms with Gasteiger partial charge >= 0.3 is 0 Å². The fourth-order valence-electron chi connectivity index (χ4n) is 3.80. The third-order valence-corrected chi connectivity index (χ3v) is 7.30. The van der Waals surface area contributed by atoms with Crippen LogP contribution in [0, 0.1) is 13.8 Å². The van der Waals surface area contributed by atoms with Crippen molar-refractivity contribution < 1.29 is 4.79 Å². The van der Waals surface area contributed by atoms with Crippen LogP contribution in [0.5, 0.6) is 0 Å². The summed E-state index contributed by atoms with van der Waals surface area (Å²) in [6, 6.07) is 6.16. The van der Waals surface area contributed by atoms with E-state index in [4.69, 9.17) is 0 Å². The van der Waals surface area contributed by atoms with Crippen molar-refractivity contribution in [3.05, 3.63) is 61.3 Å². The molecule has 3 aromatic heterocycles. The third-order valence-electron chi connectivity index (χ3n) is 5.34. The highest BCUT2D eigenvalue weighted by molar-refractivity contribution is 7.20. The molecule has 0 unspecified atom stereocenters. The number of aryl methyl sites for hydroxylation is 3. The van der Waals surface area contributed by atoms with E-state index < -0.39 is 0 Å². The van der Waals surface area contributed by atoms with Crippen LogP contribution in [0.2, 0.25) is 0 Å². The molecular formula is C21H18N4O2S2. The molecule has 0 saturated carbocycles. The Morgan fingerprint density at radius 1 is 1.24 bits per heavy atom. The van der Waals surface area contributed by atoms with Crippen molar-refractivity contribution in [2.75, 3.05) is 11.4 Å². The topological polar surface area (TPSA) is 68.1 Å². The predicted octanol–water partition coefficient (Wildman–Crippen LogP) is 3.94. The Hall–Kier alpha value is -2.84. The van der Waals surface area contributed by atoms with E-state index in [-0.39, 0.29) is 11.5 Å². The summed E-state index contributed by atoms with van der Waals surface area (Å²) in [6.07, 6.45) is 2.31. The quantitative estimate of drug-likeness (QED) is 0.491. The van der Waals surface area contributed by atoms with Crippen molar-refractivity contribution in [2.45, 2.75) is 20.3 Å². The maximum Gasteiger partial charge on any atom is 0.268 e. The van der Waals surface area contributed by atoms with Gasteiger partial charge in [-0.3, -0.25) is 9.59 Å². The van der Waals surface area contributed by atoms with Gasteiger partial charge in [0.15, 0.2) is 0 Å². The molecule has 1 aliphatic rings. The van der Waals surface area contributed by atoms with Crippen molar-refractivity contribution in [3.63, 3.8) is 0 Å². The van der Waals surface area contributed by atoms with Crippen LogP contribution in [-0.4, -0.2) is 27.0 Å². The van der Waals surface area contributed by atoms with Gasteiger partial charge in [-0.2, -0.15) is 0 Å². The van der Waals surface area contributed by atoms with Gasteiger partial charge in [0, 0.05) is 30.2 Å². The van der Waals surface area contributed by atoms with E-state index in [9.17, 15) is 9.59 Å². The molecule has 0 N–H and O–H groups in total. The first-order valence-electron chi connectivity index (χ1n) is 9.26. The number of thiophene rings is 1. The van der Waals surface area contributed by atoms with Crippen LogP contribution < -0.4 is 10.5 Å². The molecule has 4 heterocycles.